The van der Waals surface area contributed by atoms with E-state index in [1.54, 1.807) is 0 Å². The molecule has 210 valence electrons. The van der Waals surface area contributed by atoms with E-state index in [9.17, 15) is 4.79 Å². The number of allylic oxidation sites excluding steroid dienone is 2. The van der Waals surface area contributed by atoms with Crippen LogP contribution in [0.25, 0.3) is 10.8 Å². The molecule has 2 bridgehead atoms. The van der Waals surface area contributed by atoms with Crippen LogP contribution < -0.4 is 4.90 Å². The van der Waals surface area contributed by atoms with Gasteiger partial charge in [0.05, 0.1) is 18.6 Å². The van der Waals surface area contributed by atoms with Crippen molar-refractivity contribution in [2.45, 2.75) is 57.4 Å². The number of carbonyl (C=O) groups excluding carboxylic acids is 1. The normalized spacial score (nSPS) is 19.9. The van der Waals surface area contributed by atoms with Crippen molar-refractivity contribution in [3.8, 4) is 0 Å². The first-order chi connectivity index (χ1) is 20.3. The maximum atomic E-state index is 12.5. The van der Waals surface area contributed by atoms with Crippen LogP contribution in [-0.4, -0.2) is 12.6 Å². The zero-order chi connectivity index (χ0) is 27.9. The van der Waals surface area contributed by atoms with Gasteiger partial charge in [0.15, 0.2) is 0 Å². The standard InChI is InChI=1S/C38H41NO2/c40-38(36-28-29-24-25-31(36)27-29)41-26-13-3-1-2-10-23-37(35-22-14-16-30-15-11-12-21-34(30)35)39(32-17-6-4-7-18-32)33-19-8-5-9-20-33/h4-9,11-12,14-22,24-25,29,31,36-37H,1-3,10,13,23,26-28H2. The van der Waals surface area contributed by atoms with Crippen molar-refractivity contribution in [2.75, 3.05) is 11.5 Å². The molecule has 4 aromatic carbocycles. The Morgan fingerprint density at radius 3 is 2.07 bits per heavy atom. The summed E-state index contributed by atoms with van der Waals surface area (Å²) in [6.07, 6.45) is 13.2. The van der Waals surface area contributed by atoms with Gasteiger partial charge in [-0.05, 0) is 78.1 Å². The topological polar surface area (TPSA) is 29.5 Å². The highest BCUT2D eigenvalue weighted by Gasteiger charge is 2.40. The highest BCUT2D eigenvalue weighted by molar-refractivity contribution is 5.87. The number of esters is 1. The Morgan fingerprint density at radius 2 is 1.37 bits per heavy atom. The highest BCUT2D eigenvalue weighted by Crippen LogP contribution is 2.44. The first kappa shape index (κ1) is 27.3. The Hall–Kier alpha value is -3.85. The van der Waals surface area contributed by atoms with Crippen LogP contribution in [0.5, 0.6) is 0 Å². The molecule has 0 heterocycles. The molecule has 0 amide bonds. The van der Waals surface area contributed by atoms with Gasteiger partial charge >= 0.3 is 5.97 Å². The minimum Gasteiger partial charge on any atom is -0.465 e. The fourth-order valence-electron chi connectivity index (χ4n) is 6.95. The van der Waals surface area contributed by atoms with Gasteiger partial charge in [-0.15, -0.1) is 0 Å². The number of hydrogen-bond acceptors (Lipinski definition) is 3. The Bertz CT molecular complexity index is 1400. The van der Waals surface area contributed by atoms with Gasteiger partial charge in [-0.1, -0.05) is 117 Å². The number of unbranched alkanes of at least 4 members (excludes halogenated alkanes) is 4. The zero-order valence-corrected chi connectivity index (χ0v) is 23.9. The molecule has 6 rings (SSSR count). The molecule has 4 atom stereocenters. The quantitative estimate of drug-likeness (QED) is 0.0955. The number of benzene rings is 4. The van der Waals surface area contributed by atoms with Gasteiger partial charge in [-0.3, -0.25) is 4.79 Å². The van der Waals surface area contributed by atoms with Crippen molar-refractivity contribution >= 4 is 28.1 Å². The monoisotopic (exact) mass is 543 g/mol. The van der Waals surface area contributed by atoms with Crippen molar-refractivity contribution in [3.05, 3.63) is 121 Å². The molecular formula is C38H41NO2. The van der Waals surface area contributed by atoms with E-state index in [0.717, 1.165) is 44.9 Å². The third kappa shape index (κ3) is 6.40. The van der Waals surface area contributed by atoms with Crippen molar-refractivity contribution in [3.63, 3.8) is 0 Å². The van der Waals surface area contributed by atoms with Crippen LogP contribution in [0.4, 0.5) is 11.4 Å². The van der Waals surface area contributed by atoms with E-state index >= 15 is 0 Å². The third-order valence-electron chi connectivity index (χ3n) is 9.01. The van der Waals surface area contributed by atoms with Crippen LogP contribution in [0.1, 0.15) is 63.0 Å². The number of hydrogen-bond donors (Lipinski definition) is 0. The van der Waals surface area contributed by atoms with E-state index in [2.05, 4.69) is 120 Å². The van der Waals surface area contributed by atoms with Gasteiger partial charge in [0.1, 0.15) is 0 Å². The Labute approximate surface area is 244 Å². The SMILES string of the molecule is O=C(OCCCCCCCC(c1cccc2ccccc12)N(c1ccccc1)c1ccccc1)C1CC2C=CC1C2. The first-order valence-corrected chi connectivity index (χ1v) is 15.5. The van der Waals surface area contributed by atoms with Crippen molar-refractivity contribution < 1.29 is 9.53 Å². The van der Waals surface area contributed by atoms with Gasteiger partial charge in [-0.2, -0.15) is 0 Å². The van der Waals surface area contributed by atoms with Crippen molar-refractivity contribution in [1.29, 1.82) is 0 Å². The van der Waals surface area contributed by atoms with Crippen LogP contribution >= 0.6 is 0 Å². The Balaban J connectivity index is 1.10. The van der Waals surface area contributed by atoms with E-state index < -0.39 is 0 Å². The smallest absolute Gasteiger partial charge is 0.309 e. The summed E-state index contributed by atoms with van der Waals surface area (Å²) in [4.78, 5) is 15.0. The van der Waals surface area contributed by atoms with Crippen LogP contribution in [0.3, 0.4) is 0 Å². The molecule has 4 aromatic rings. The maximum absolute atomic E-state index is 12.5. The first-order valence-electron chi connectivity index (χ1n) is 15.5. The highest BCUT2D eigenvalue weighted by atomic mass is 16.5. The predicted molar refractivity (Wildman–Crippen MR) is 169 cm³/mol. The molecule has 41 heavy (non-hydrogen) atoms. The summed E-state index contributed by atoms with van der Waals surface area (Å²) in [6.45, 7) is 0.560. The number of para-hydroxylation sites is 2. The lowest BCUT2D eigenvalue weighted by Crippen LogP contribution is -2.24. The maximum Gasteiger partial charge on any atom is 0.309 e. The average Bonchev–Trinajstić information content (AvgIpc) is 3.67. The zero-order valence-electron chi connectivity index (χ0n) is 23.9. The molecule has 4 unspecified atom stereocenters. The number of ether oxygens (including phenoxy) is 1. The number of nitrogens with zero attached hydrogens (tertiary/aromatic N) is 1. The second-order valence-corrected chi connectivity index (χ2v) is 11.7. The molecule has 2 aliphatic carbocycles. The lowest BCUT2D eigenvalue weighted by atomic mass is 9.92. The third-order valence-corrected chi connectivity index (χ3v) is 9.01. The second kappa shape index (κ2) is 13.2. The van der Waals surface area contributed by atoms with Crippen LogP contribution in [0.15, 0.2) is 115 Å². The number of rotatable bonds is 13. The minimum absolute atomic E-state index is 0.0293. The van der Waals surface area contributed by atoms with Crippen LogP contribution in [-0.2, 0) is 9.53 Å². The minimum atomic E-state index is 0.0293. The van der Waals surface area contributed by atoms with E-state index in [-0.39, 0.29) is 17.9 Å². The predicted octanol–water partition coefficient (Wildman–Crippen LogP) is 9.82. The van der Waals surface area contributed by atoms with Crippen LogP contribution in [0.2, 0.25) is 0 Å². The molecular weight excluding hydrogens is 502 g/mol. The second-order valence-electron chi connectivity index (χ2n) is 11.7. The van der Waals surface area contributed by atoms with Gasteiger partial charge in [-0.25, -0.2) is 0 Å². The molecule has 2 aliphatic rings. The Kier molecular flexibility index (Phi) is 8.80. The molecule has 3 nitrogen and oxygen atoms in total. The summed E-state index contributed by atoms with van der Waals surface area (Å²) in [5.74, 6) is 1.17. The van der Waals surface area contributed by atoms with Gasteiger partial charge < -0.3 is 9.64 Å². The fraction of sp³-hybridized carbons (Fsp3) is 0.342. The number of carbonyl (C=O) groups is 1. The molecule has 1 fully saturated rings. The van der Waals surface area contributed by atoms with Gasteiger partial charge in [0.2, 0.25) is 0 Å². The average molecular weight is 544 g/mol. The summed E-state index contributed by atoms with van der Waals surface area (Å²) in [5, 5.41) is 2.61. The van der Waals surface area contributed by atoms with E-state index in [1.165, 1.54) is 34.1 Å². The molecule has 3 heteroatoms. The lowest BCUT2D eigenvalue weighted by Gasteiger charge is -2.35. The fourth-order valence-corrected chi connectivity index (χ4v) is 6.95. The van der Waals surface area contributed by atoms with Crippen molar-refractivity contribution in [2.24, 2.45) is 17.8 Å². The van der Waals surface area contributed by atoms with Crippen molar-refractivity contribution in [1.82, 2.24) is 0 Å². The van der Waals surface area contributed by atoms with Gasteiger partial charge in [0, 0.05) is 11.4 Å². The van der Waals surface area contributed by atoms with Crippen LogP contribution in [0, 0.1) is 17.8 Å². The number of fused-ring (bicyclic) bond motifs is 3. The summed E-state index contributed by atoms with van der Waals surface area (Å²) in [7, 11) is 0. The van der Waals surface area contributed by atoms with E-state index in [1.807, 2.05) is 0 Å². The molecule has 0 aliphatic heterocycles. The molecule has 0 N–H and O–H groups in total. The summed E-state index contributed by atoms with van der Waals surface area (Å²) < 4.78 is 5.67. The summed E-state index contributed by atoms with van der Waals surface area (Å²) in [6, 6.07) is 37.3. The largest absolute Gasteiger partial charge is 0.465 e. The molecule has 0 radical (unpaired) electrons. The molecule has 0 saturated heterocycles. The molecule has 1 saturated carbocycles. The summed E-state index contributed by atoms with van der Waals surface area (Å²) in [5.41, 5.74) is 3.80. The van der Waals surface area contributed by atoms with Gasteiger partial charge in [0.25, 0.3) is 0 Å². The lowest BCUT2D eigenvalue weighted by molar-refractivity contribution is -0.149. The molecule has 0 spiro atoms. The Morgan fingerprint density at radius 1 is 0.707 bits per heavy atom. The summed E-state index contributed by atoms with van der Waals surface area (Å²) >= 11 is 0. The molecule has 0 aromatic heterocycles. The van der Waals surface area contributed by atoms with E-state index in [4.69, 9.17) is 4.74 Å². The van der Waals surface area contributed by atoms with E-state index in [0.29, 0.717) is 18.4 Å². The number of anilines is 2.